The maximum atomic E-state index is 13.1. The Hall–Kier alpha value is -2.75. The zero-order chi connectivity index (χ0) is 23.6. The van der Waals surface area contributed by atoms with E-state index in [1.165, 1.54) is 23.4 Å². The van der Waals surface area contributed by atoms with E-state index in [1.54, 1.807) is 17.9 Å². The van der Waals surface area contributed by atoms with E-state index in [-0.39, 0.29) is 29.5 Å². The first-order chi connectivity index (χ1) is 15.8. The van der Waals surface area contributed by atoms with E-state index in [9.17, 15) is 18.0 Å². The molecule has 176 valence electrons. The van der Waals surface area contributed by atoms with Crippen molar-refractivity contribution in [1.29, 1.82) is 0 Å². The van der Waals surface area contributed by atoms with Gasteiger partial charge in [0.1, 0.15) is 0 Å². The molecule has 8 nitrogen and oxygen atoms in total. The summed E-state index contributed by atoms with van der Waals surface area (Å²) in [6.07, 6.45) is 0.728. The minimum atomic E-state index is -3.77. The summed E-state index contributed by atoms with van der Waals surface area (Å²) in [7, 11) is -3.77. The third kappa shape index (κ3) is 4.80. The molecule has 0 saturated carbocycles. The van der Waals surface area contributed by atoms with Gasteiger partial charge in [0, 0.05) is 25.3 Å². The summed E-state index contributed by atoms with van der Waals surface area (Å²) >= 11 is 0. The van der Waals surface area contributed by atoms with Gasteiger partial charge >= 0.3 is 5.97 Å². The second-order valence-corrected chi connectivity index (χ2v) is 10.2. The zero-order valence-electron chi connectivity index (χ0n) is 18.8. The maximum absolute atomic E-state index is 13.1. The molecule has 2 aromatic rings. The molecule has 4 rings (SSSR count). The maximum Gasteiger partial charge on any atom is 0.338 e. The van der Waals surface area contributed by atoms with E-state index in [1.807, 2.05) is 24.3 Å². The topological polar surface area (TPSA) is 93.2 Å². The Morgan fingerprint density at radius 3 is 2.55 bits per heavy atom. The fourth-order valence-electron chi connectivity index (χ4n) is 4.19. The Labute approximate surface area is 194 Å². The van der Waals surface area contributed by atoms with Gasteiger partial charge in [-0.1, -0.05) is 24.3 Å². The number of benzene rings is 2. The molecule has 2 aromatic carbocycles. The lowest BCUT2D eigenvalue weighted by Gasteiger charge is -2.31. The van der Waals surface area contributed by atoms with Gasteiger partial charge in [0.2, 0.25) is 10.0 Å². The number of para-hydroxylation sites is 1. The van der Waals surface area contributed by atoms with Crippen LogP contribution in [0.2, 0.25) is 0 Å². The van der Waals surface area contributed by atoms with Crippen molar-refractivity contribution < 1.29 is 27.5 Å². The second-order valence-electron chi connectivity index (χ2n) is 8.27. The molecule has 0 radical (unpaired) electrons. The molecular weight excluding hydrogens is 444 g/mol. The molecule has 0 N–H and O–H groups in total. The van der Waals surface area contributed by atoms with Crippen molar-refractivity contribution in [3.05, 3.63) is 59.2 Å². The summed E-state index contributed by atoms with van der Waals surface area (Å²) in [6.45, 7) is 4.97. The minimum Gasteiger partial charge on any atom is -0.449 e. The molecule has 0 unspecified atom stereocenters. The van der Waals surface area contributed by atoms with Crippen molar-refractivity contribution in [1.82, 2.24) is 4.31 Å². The van der Waals surface area contributed by atoms with Crippen LogP contribution in [-0.2, 0) is 30.7 Å². The summed E-state index contributed by atoms with van der Waals surface area (Å²) in [5.74, 6) is -1.04. The normalized spacial score (nSPS) is 17.8. The number of nitrogens with zero attached hydrogens (tertiary/aromatic N) is 2. The molecule has 33 heavy (non-hydrogen) atoms. The van der Waals surface area contributed by atoms with Gasteiger partial charge in [-0.25, -0.2) is 13.2 Å². The van der Waals surface area contributed by atoms with Gasteiger partial charge in [-0.15, -0.1) is 0 Å². The third-order valence-corrected chi connectivity index (χ3v) is 8.06. The zero-order valence-corrected chi connectivity index (χ0v) is 19.6. The van der Waals surface area contributed by atoms with Crippen LogP contribution in [0.15, 0.2) is 47.4 Å². The van der Waals surface area contributed by atoms with E-state index in [2.05, 4.69) is 0 Å². The van der Waals surface area contributed by atoms with E-state index < -0.39 is 22.1 Å². The summed E-state index contributed by atoms with van der Waals surface area (Å²) in [5, 5.41) is 0. The highest BCUT2D eigenvalue weighted by molar-refractivity contribution is 7.89. The van der Waals surface area contributed by atoms with Crippen LogP contribution >= 0.6 is 0 Å². The van der Waals surface area contributed by atoms with Gasteiger partial charge in [0.05, 0.1) is 23.7 Å². The number of fused-ring (bicyclic) bond motifs is 1. The SMILES string of the molecule is Cc1ccc(C(=O)O[C@H](C)C(=O)N2CCCc3ccccc32)cc1S(=O)(=O)N1CCOCC1. The number of esters is 1. The highest BCUT2D eigenvalue weighted by Crippen LogP contribution is 2.28. The highest BCUT2D eigenvalue weighted by atomic mass is 32.2. The number of hydrogen-bond acceptors (Lipinski definition) is 6. The monoisotopic (exact) mass is 472 g/mol. The lowest BCUT2D eigenvalue weighted by atomic mass is 10.0. The van der Waals surface area contributed by atoms with E-state index in [0.717, 1.165) is 24.1 Å². The second kappa shape index (κ2) is 9.62. The van der Waals surface area contributed by atoms with Crippen molar-refractivity contribution in [2.24, 2.45) is 0 Å². The number of sulfonamides is 1. The number of amides is 1. The first kappa shape index (κ1) is 23.4. The number of carbonyl (C=O) groups is 2. The summed E-state index contributed by atoms with van der Waals surface area (Å²) < 4.78 is 38.2. The Balaban J connectivity index is 1.51. The molecule has 1 saturated heterocycles. The van der Waals surface area contributed by atoms with Gasteiger partial charge in [-0.2, -0.15) is 4.31 Å². The van der Waals surface area contributed by atoms with Crippen molar-refractivity contribution in [3.8, 4) is 0 Å². The molecule has 0 bridgehead atoms. The van der Waals surface area contributed by atoms with Crippen LogP contribution in [0.4, 0.5) is 5.69 Å². The van der Waals surface area contributed by atoms with Crippen molar-refractivity contribution in [2.45, 2.75) is 37.7 Å². The molecule has 1 amide bonds. The first-order valence-corrected chi connectivity index (χ1v) is 12.5. The van der Waals surface area contributed by atoms with Crippen LogP contribution < -0.4 is 4.90 Å². The molecule has 1 atom stereocenters. The molecule has 9 heteroatoms. The third-order valence-electron chi connectivity index (χ3n) is 6.02. The van der Waals surface area contributed by atoms with E-state index in [4.69, 9.17) is 9.47 Å². The number of anilines is 1. The van der Waals surface area contributed by atoms with E-state index in [0.29, 0.717) is 25.3 Å². The Bertz CT molecular complexity index is 1160. The lowest BCUT2D eigenvalue weighted by Crippen LogP contribution is -2.42. The first-order valence-electron chi connectivity index (χ1n) is 11.1. The summed E-state index contributed by atoms with van der Waals surface area (Å²) in [5.41, 5.74) is 2.55. The van der Waals surface area contributed by atoms with Crippen LogP contribution in [0.5, 0.6) is 0 Å². The molecule has 2 aliphatic rings. The largest absolute Gasteiger partial charge is 0.449 e. The highest BCUT2D eigenvalue weighted by Gasteiger charge is 2.31. The Kier molecular flexibility index (Phi) is 6.83. The number of ether oxygens (including phenoxy) is 2. The van der Waals surface area contributed by atoms with Gasteiger partial charge < -0.3 is 14.4 Å². The fourth-order valence-corrected chi connectivity index (χ4v) is 5.85. The van der Waals surface area contributed by atoms with Gasteiger partial charge in [0.25, 0.3) is 5.91 Å². The molecule has 0 spiro atoms. The number of hydrogen-bond donors (Lipinski definition) is 0. The number of aryl methyl sites for hydroxylation is 2. The average molecular weight is 473 g/mol. The fraction of sp³-hybridized carbons (Fsp3) is 0.417. The standard InChI is InChI=1S/C24H28N2O6S/c1-17-9-10-20(16-22(17)33(29,30)25-12-14-31-15-13-25)24(28)32-18(2)23(27)26-11-5-7-19-6-3-4-8-21(19)26/h3-4,6,8-10,16,18H,5,7,11-15H2,1-2H3/t18-/m1/s1. The lowest BCUT2D eigenvalue weighted by molar-refractivity contribution is -0.126. The van der Waals surface area contributed by atoms with Crippen molar-refractivity contribution in [2.75, 3.05) is 37.7 Å². The molecule has 0 aliphatic carbocycles. The number of morpholine rings is 1. The molecule has 0 aromatic heterocycles. The van der Waals surface area contributed by atoms with Crippen molar-refractivity contribution in [3.63, 3.8) is 0 Å². The van der Waals surface area contributed by atoms with Gasteiger partial charge in [0.15, 0.2) is 6.10 Å². The van der Waals surface area contributed by atoms with Crippen LogP contribution in [0.3, 0.4) is 0 Å². The van der Waals surface area contributed by atoms with Crippen molar-refractivity contribution >= 4 is 27.6 Å². The molecule has 2 aliphatic heterocycles. The van der Waals surface area contributed by atoms with Crippen LogP contribution in [0, 0.1) is 6.92 Å². The average Bonchev–Trinajstić information content (AvgIpc) is 2.83. The predicted octanol–water partition coefficient (Wildman–Crippen LogP) is 2.54. The predicted molar refractivity (Wildman–Crippen MR) is 123 cm³/mol. The van der Waals surface area contributed by atoms with Crippen LogP contribution in [0.1, 0.15) is 34.8 Å². The molecular formula is C24H28N2O6S. The van der Waals surface area contributed by atoms with E-state index >= 15 is 0 Å². The summed E-state index contributed by atoms with van der Waals surface area (Å²) in [6, 6.07) is 12.1. The van der Waals surface area contributed by atoms with Gasteiger partial charge in [-0.3, -0.25) is 4.79 Å². The Morgan fingerprint density at radius 2 is 1.79 bits per heavy atom. The van der Waals surface area contributed by atoms with Gasteiger partial charge in [-0.05, 0) is 56.0 Å². The van der Waals surface area contributed by atoms with Crippen LogP contribution in [-0.4, -0.2) is 63.6 Å². The smallest absolute Gasteiger partial charge is 0.338 e. The summed E-state index contributed by atoms with van der Waals surface area (Å²) in [4.78, 5) is 27.6. The minimum absolute atomic E-state index is 0.0581. The van der Waals surface area contributed by atoms with Crippen LogP contribution in [0.25, 0.3) is 0 Å². The Morgan fingerprint density at radius 1 is 1.06 bits per heavy atom. The molecule has 2 heterocycles. The quantitative estimate of drug-likeness (QED) is 0.621. The molecule has 1 fully saturated rings. The number of rotatable bonds is 5. The number of carbonyl (C=O) groups excluding carboxylic acids is 2.